The summed E-state index contributed by atoms with van der Waals surface area (Å²) < 4.78 is 24.9. The van der Waals surface area contributed by atoms with Crippen LogP contribution in [-0.4, -0.2) is 47.0 Å². The zero-order valence-electron chi connectivity index (χ0n) is 10.7. The number of carbonyl (C=O) groups is 1. The van der Waals surface area contributed by atoms with E-state index in [1.807, 2.05) is 0 Å². The van der Waals surface area contributed by atoms with Crippen LogP contribution in [0.5, 0.6) is 0 Å². The van der Waals surface area contributed by atoms with Crippen LogP contribution < -0.4 is 0 Å². The molecular weight excluding hydrogens is 266 g/mol. The summed E-state index contributed by atoms with van der Waals surface area (Å²) in [6.07, 6.45) is -0.994. The molecule has 0 atom stereocenters. The number of alkyl halides is 2. The fourth-order valence-electron chi connectivity index (χ4n) is 1.95. The van der Waals surface area contributed by atoms with Gasteiger partial charge in [0.15, 0.2) is 0 Å². The van der Waals surface area contributed by atoms with Crippen molar-refractivity contribution >= 4 is 16.8 Å². The zero-order chi connectivity index (χ0) is 14.5. The molecule has 0 aliphatic carbocycles. The van der Waals surface area contributed by atoms with Crippen LogP contribution in [0.4, 0.5) is 8.78 Å². The van der Waals surface area contributed by atoms with Gasteiger partial charge in [0, 0.05) is 23.7 Å². The third-order valence-electron chi connectivity index (χ3n) is 2.87. The van der Waals surface area contributed by atoms with Gasteiger partial charge in [0.1, 0.15) is 0 Å². The normalized spacial score (nSPS) is 11.0. The highest BCUT2D eigenvalue weighted by Gasteiger charge is 2.19. The third kappa shape index (κ3) is 3.27. The summed E-state index contributed by atoms with van der Waals surface area (Å²) in [4.78, 5) is 17.2. The summed E-state index contributed by atoms with van der Waals surface area (Å²) in [7, 11) is 0. The van der Waals surface area contributed by atoms with Crippen LogP contribution in [0.3, 0.4) is 0 Å². The Labute approximate surface area is 114 Å². The quantitative estimate of drug-likeness (QED) is 0.910. The number of pyridine rings is 1. The maximum atomic E-state index is 12.5. The Bertz CT molecular complexity index is 604. The maximum Gasteiger partial charge on any atom is 0.255 e. The molecule has 106 valence electrons. The minimum Gasteiger partial charge on any atom is -0.395 e. The first kappa shape index (κ1) is 14.3. The monoisotopic (exact) mass is 280 g/mol. The molecule has 1 aromatic carbocycles. The van der Waals surface area contributed by atoms with Crippen molar-refractivity contribution in [2.75, 3.05) is 19.7 Å². The van der Waals surface area contributed by atoms with Crippen molar-refractivity contribution in [3.05, 3.63) is 42.1 Å². The van der Waals surface area contributed by atoms with E-state index < -0.39 is 18.9 Å². The molecule has 4 nitrogen and oxygen atoms in total. The lowest BCUT2D eigenvalue weighted by molar-refractivity contribution is 0.0509. The summed E-state index contributed by atoms with van der Waals surface area (Å²) in [6.45, 7) is -1.16. The van der Waals surface area contributed by atoms with Gasteiger partial charge in [-0.3, -0.25) is 9.78 Å². The van der Waals surface area contributed by atoms with Crippen LogP contribution in [-0.2, 0) is 0 Å². The second-order valence-corrected chi connectivity index (χ2v) is 4.28. The molecule has 20 heavy (non-hydrogen) atoms. The topological polar surface area (TPSA) is 53.4 Å². The Balaban J connectivity index is 2.28. The van der Waals surface area contributed by atoms with E-state index >= 15 is 0 Å². The van der Waals surface area contributed by atoms with Gasteiger partial charge in [-0.15, -0.1) is 0 Å². The molecule has 1 heterocycles. The molecule has 1 amide bonds. The SMILES string of the molecule is O=C(c1ccc2ncccc2c1)N(CCO)CC(F)F. The molecule has 0 bridgehead atoms. The molecule has 6 heteroatoms. The van der Waals surface area contributed by atoms with Crippen molar-refractivity contribution in [1.82, 2.24) is 9.88 Å². The molecule has 2 aromatic rings. The number of hydrogen-bond donors (Lipinski definition) is 1. The van der Waals surface area contributed by atoms with E-state index in [1.165, 1.54) is 0 Å². The number of benzene rings is 1. The van der Waals surface area contributed by atoms with Crippen LogP contribution in [0, 0.1) is 0 Å². The number of aromatic nitrogens is 1. The largest absolute Gasteiger partial charge is 0.395 e. The Morgan fingerprint density at radius 3 is 2.85 bits per heavy atom. The summed E-state index contributed by atoms with van der Waals surface area (Å²) in [5.74, 6) is -0.523. The van der Waals surface area contributed by atoms with Crippen LogP contribution in [0.1, 0.15) is 10.4 Å². The van der Waals surface area contributed by atoms with E-state index in [9.17, 15) is 13.6 Å². The zero-order valence-corrected chi connectivity index (χ0v) is 10.7. The van der Waals surface area contributed by atoms with Crippen molar-refractivity contribution < 1.29 is 18.7 Å². The highest BCUT2D eigenvalue weighted by Crippen LogP contribution is 2.15. The van der Waals surface area contributed by atoms with Gasteiger partial charge >= 0.3 is 0 Å². The summed E-state index contributed by atoms with van der Waals surface area (Å²) in [6, 6.07) is 8.36. The Hall–Kier alpha value is -2.08. The van der Waals surface area contributed by atoms with E-state index in [0.29, 0.717) is 5.56 Å². The molecule has 0 aliphatic rings. The summed E-state index contributed by atoms with van der Waals surface area (Å²) >= 11 is 0. The number of aliphatic hydroxyl groups excluding tert-OH is 1. The molecule has 0 radical (unpaired) electrons. The number of fused-ring (bicyclic) bond motifs is 1. The van der Waals surface area contributed by atoms with Gasteiger partial charge in [0.05, 0.1) is 18.7 Å². The van der Waals surface area contributed by atoms with Crippen LogP contribution >= 0.6 is 0 Å². The van der Waals surface area contributed by atoms with Crippen molar-refractivity contribution in [2.45, 2.75) is 6.43 Å². The van der Waals surface area contributed by atoms with Gasteiger partial charge in [-0.05, 0) is 24.3 Å². The fourth-order valence-corrected chi connectivity index (χ4v) is 1.95. The number of halogens is 2. The van der Waals surface area contributed by atoms with E-state index in [-0.39, 0.29) is 13.2 Å². The van der Waals surface area contributed by atoms with E-state index in [1.54, 1.807) is 36.5 Å². The number of hydrogen-bond acceptors (Lipinski definition) is 3. The Morgan fingerprint density at radius 2 is 2.15 bits per heavy atom. The van der Waals surface area contributed by atoms with Gasteiger partial charge in [-0.25, -0.2) is 8.78 Å². The summed E-state index contributed by atoms with van der Waals surface area (Å²) in [5, 5.41) is 9.63. The van der Waals surface area contributed by atoms with Crippen LogP contribution in [0.25, 0.3) is 10.9 Å². The highest BCUT2D eigenvalue weighted by molar-refractivity contribution is 5.97. The van der Waals surface area contributed by atoms with Gasteiger partial charge in [0.25, 0.3) is 12.3 Å². The van der Waals surface area contributed by atoms with Crippen molar-refractivity contribution in [2.24, 2.45) is 0 Å². The molecule has 0 saturated carbocycles. The molecule has 0 unspecified atom stereocenters. The first-order valence-electron chi connectivity index (χ1n) is 6.15. The van der Waals surface area contributed by atoms with E-state index in [2.05, 4.69) is 4.98 Å². The second-order valence-electron chi connectivity index (χ2n) is 4.28. The highest BCUT2D eigenvalue weighted by atomic mass is 19.3. The predicted octanol–water partition coefficient (Wildman–Crippen LogP) is 1.93. The summed E-state index contributed by atoms with van der Waals surface area (Å²) in [5.41, 5.74) is 1.03. The molecule has 0 saturated heterocycles. The van der Waals surface area contributed by atoms with Gasteiger partial charge in [0.2, 0.25) is 0 Å². The first-order valence-corrected chi connectivity index (χ1v) is 6.15. The van der Waals surface area contributed by atoms with Gasteiger partial charge in [-0.2, -0.15) is 0 Å². The molecule has 1 N–H and O–H groups in total. The average Bonchev–Trinajstić information content (AvgIpc) is 2.45. The van der Waals surface area contributed by atoms with E-state index in [4.69, 9.17) is 5.11 Å². The molecule has 2 rings (SSSR count). The van der Waals surface area contributed by atoms with Crippen molar-refractivity contribution in [3.63, 3.8) is 0 Å². The van der Waals surface area contributed by atoms with Gasteiger partial charge < -0.3 is 10.0 Å². The molecule has 0 aliphatic heterocycles. The Kier molecular flexibility index (Phi) is 4.57. The predicted molar refractivity (Wildman–Crippen MR) is 70.7 cm³/mol. The molecule has 0 fully saturated rings. The number of rotatable bonds is 5. The Morgan fingerprint density at radius 1 is 1.35 bits per heavy atom. The lowest BCUT2D eigenvalue weighted by atomic mass is 10.1. The van der Waals surface area contributed by atoms with Crippen LogP contribution in [0.2, 0.25) is 0 Å². The fraction of sp³-hybridized carbons (Fsp3) is 0.286. The molecule has 1 aromatic heterocycles. The second kappa shape index (κ2) is 6.38. The minimum atomic E-state index is -2.63. The number of carbonyl (C=O) groups excluding carboxylic acids is 1. The van der Waals surface area contributed by atoms with E-state index in [0.717, 1.165) is 15.8 Å². The van der Waals surface area contributed by atoms with Crippen molar-refractivity contribution in [3.8, 4) is 0 Å². The number of aliphatic hydroxyl groups is 1. The first-order chi connectivity index (χ1) is 9.61. The van der Waals surface area contributed by atoms with Crippen molar-refractivity contribution in [1.29, 1.82) is 0 Å². The smallest absolute Gasteiger partial charge is 0.255 e. The lowest BCUT2D eigenvalue weighted by Gasteiger charge is -2.21. The third-order valence-corrected chi connectivity index (χ3v) is 2.87. The average molecular weight is 280 g/mol. The number of amides is 1. The number of nitrogens with zero attached hydrogens (tertiary/aromatic N) is 2. The molecule has 0 spiro atoms. The standard InChI is InChI=1S/C14H14F2N2O2/c15-13(16)9-18(6-7-19)14(20)11-3-4-12-10(8-11)2-1-5-17-12/h1-5,8,13,19H,6-7,9H2. The molecular formula is C14H14F2N2O2. The maximum absolute atomic E-state index is 12.5. The lowest BCUT2D eigenvalue weighted by Crippen LogP contribution is -2.37. The van der Waals surface area contributed by atoms with Gasteiger partial charge in [-0.1, -0.05) is 6.07 Å². The minimum absolute atomic E-state index is 0.117. The van der Waals surface area contributed by atoms with Crippen LogP contribution in [0.15, 0.2) is 36.5 Å².